The van der Waals surface area contributed by atoms with Crippen molar-refractivity contribution >= 4 is 29.9 Å². The highest BCUT2D eigenvalue weighted by Crippen LogP contribution is 2.23. The Bertz CT molecular complexity index is 421. The molecule has 120 valence electrons. The van der Waals surface area contributed by atoms with Crippen molar-refractivity contribution in [1.29, 1.82) is 0 Å². The van der Waals surface area contributed by atoms with Gasteiger partial charge in [0.25, 0.3) is 0 Å². The molecule has 4 heteroatoms. The average molecular weight is 403 g/mol. The Hall–Kier alpha value is -0.780. The smallest absolute Gasteiger partial charge is 0.191 e. The van der Waals surface area contributed by atoms with Crippen molar-refractivity contribution in [3.8, 4) is 0 Å². The zero-order valence-corrected chi connectivity index (χ0v) is 16.4. The summed E-state index contributed by atoms with van der Waals surface area (Å²) in [7, 11) is 1.81. The number of hydrogen-bond acceptors (Lipinski definition) is 1. The molecule has 1 atom stereocenters. The highest BCUT2D eigenvalue weighted by Gasteiger charge is 2.17. The van der Waals surface area contributed by atoms with Crippen molar-refractivity contribution in [2.75, 3.05) is 13.6 Å². The van der Waals surface area contributed by atoms with Crippen LogP contribution in [0.25, 0.3) is 0 Å². The lowest BCUT2D eigenvalue weighted by atomic mass is 9.88. The molecular weight excluding hydrogens is 373 g/mol. The molecule has 0 aliphatic rings. The molecule has 0 saturated heterocycles. The molecule has 1 rings (SSSR count). The molecule has 0 spiro atoms. The Morgan fingerprint density at radius 2 is 1.71 bits per heavy atom. The van der Waals surface area contributed by atoms with Crippen LogP contribution in [-0.4, -0.2) is 25.1 Å². The molecule has 2 N–H and O–H groups in total. The molecule has 0 fully saturated rings. The SMILES string of the molecule is CN=C(NCC(c1ccccc1)C(C)C)NC(C)(C)C.I. The Morgan fingerprint density at radius 3 is 2.14 bits per heavy atom. The van der Waals surface area contributed by atoms with Crippen molar-refractivity contribution in [3.05, 3.63) is 35.9 Å². The molecule has 3 nitrogen and oxygen atoms in total. The summed E-state index contributed by atoms with van der Waals surface area (Å²) in [5, 5.41) is 6.84. The second kappa shape index (κ2) is 9.28. The van der Waals surface area contributed by atoms with Crippen molar-refractivity contribution in [1.82, 2.24) is 10.6 Å². The van der Waals surface area contributed by atoms with Crippen molar-refractivity contribution < 1.29 is 0 Å². The van der Waals surface area contributed by atoms with E-state index >= 15 is 0 Å². The summed E-state index contributed by atoms with van der Waals surface area (Å²) in [6, 6.07) is 10.7. The second-order valence-electron chi connectivity index (χ2n) is 6.59. The molecule has 0 amide bonds. The fourth-order valence-corrected chi connectivity index (χ4v) is 2.18. The molecule has 0 aromatic heterocycles. The van der Waals surface area contributed by atoms with Gasteiger partial charge in [0.05, 0.1) is 0 Å². The van der Waals surface area contributed by atoms with Crippen LogP contribution in [0.2, 0.25) is 0 Å². The van der Waals surface area contributed by atoms with Crippen molar-refractivity contribution in [3.63, 3.8) is 0 Å². The molecule has 1 aromatic carbocycles. The van der Waals surface area contributed by atoms with E-state index in [1.165, 1.54) is 5.56 Å². The number of benzene rings is 1. The summed E-state index contributed by atoms with van der Waals surface area (Å²) in [6.07, 6.45) is 0. The highest BCUT2D eigenvalue weighted by atomic mass is 127. The average Bonchev–Trinajstić information content (AvgIpc) is 2.37. The Labute approximate surface area is 147 Å². The van der Waals surface area contributed by atoms with Gasteiger partial charge in [0.2, 0.25) is 0 Å². The maximum absolute atomic E-state index is 4.29. The Morgan fingerprint density at radius 1 is 1.14 bits per heavy atom. The maximum Gasteiger partial charge on any atom is 0.191 e. The number of hydrogen-bond donors (Lipinski definition) is 2. The van der Waals surface area contributed by atoms with Gasteiger partial charge in [-0.05, 0) is 32.3 Å². The quantitative estimate of drug-likeness (QED) is 0.453. The summed E-state index contributed by atoms with van der Waals surface area (Å²) >= 11 is 0. The van der Waals surface area contributed by atoms with Crippen LogP contribution < -0.4 is 10.6 Å². The van der Waals surface area contributed by atoms with Crippen molar-refractivity contribution in [2.45, 2.75) is 46.1 Å². The molecule has 1 unspecified atom stereocenters. The lowest BCUT2D eigenvalue weighted by Gasteiger charge is -2.27. The minimum Gasteiger partial charge on any atom is -0.356 e. The largest absolute Gasteiger partial charge is 0.356 e. The van der Waals surface area contributed by atoms with Gasteiger partial charge >= 0.3 is 0 Å². The Balaban J connectivity index is 0.00000400. The van der Waals surface area contributed by atoms with Crippen LogP contribution in [0.5, 0.6) is 0 Å². The summed E-state index contributed by atoms with van der Waals surface area (Å²) in [5.74, 6) is 1.92. The lowest BCUT2D eigenvalue weighted by Crippen LogP contribution is -2.48. The minimum absolute atomic E-state index is 0. The third-order valence-electron chi connectivity index (χ3n) is 3.24. The van der Waals surface area contributed by atoms with E-state index in [4.69, 9.17) is 0 Å². The van der Waals surface area contributed by atoms with Crippen LogP contribution in [0, 0.1) is 5.92 Å². The van der Waals surface area contributed by atoms with Gasteiger partial charge in [-0.3, -0.25) is 4.99 Å². The van der Waals surface area contributed by atoms with Gasteiger partial charge < -0.3 is 10.6 Å². The fraction of sp³-hybridized carbons (Fsp3) is 0.588. The molecular formula is C17H30IN3. The molecule has 0 heterocycles. The maximum atomic E-state index is 4.29. The third-order valence-corrected chi connectivity index (χ3v) is 3.24. The molecule has 21 heavy (non-hydrogen) atoms. The molecule has 0 bridgehead atoms. The van der Waals surface area contributed by atoms with Gasteiger partial charge in [0, 0.05) is 25.0 Å². The number of rotatable bonds is 4. The van der Waals surface area contributed by atoms with E-state index in [9.17, 15) is 0 Å². The van der Waals surface area contributed by atoms with Gasteiger partial charge in [-0.15, -0.1) is 24.0 Å². The van der Waals surface area contributed by atoms with E-state index in [2.05, 4.69) is 80.6 Å². The van der Waals surface area contributed by atoms with Crippen LogP contribution >= 0.6 is 24.0 Å². The van der Waals surface area contributed by atoms with E-state index in [-0.39, 0.29) is 29.5 Å². The van der Waals surface area contributed by atoms with Crippen LogP contribution in [0.1, 0.15) is 46.1 Å². The molecule has 0 aliphatic carbocycles. The first kappa shape index (κ1) is 20.2. The molecule has 0 saturated carbocycles. The van der Waals surface area contributed by atoms with Crippen LogP contribution in [0.4, 0.5) is 0 Å². The normalized spacial score (nSPS) is 13.6. The fourth-order valence-electron chi connectivity index (χ4n) is 2.18. The van der Waals surface area contributed by atoms with Crippen LogP contribution in [-0.2, 0) is 0 Å². The van der Waals surface area contributed by atoms with Gasteiger partial charge in [-0.1, -0.05) is 44.2 Å². The Kier molecular flexibility index (Phi) is 8.94. The lowest BCUT2D eigenvalue weighted by molar-refractivity contribution is 0.471. The van der Waals surface area contributed by atoms with E-state index in [1.807, 2.05) is 7.05 Å². The summed E-state index contributed by atoms with van der Waals surface area (Å²) in [6.45, 7) is 11.8. The van der Waals surface area contributed by atoms with Gasteiger partial charge in [0.15, 0.2) is 5.96 Å². The first-order valence-electron chi connectivity index (χ1n) is 7.37. The van der Waals surface area contributed by atoms with E-state index in [0.717, 1.165) is 12.5 Å². The van der Waals surface area contributed by atoms with E-state index < -0.39 is 0 Å². The standard InChI is InChI=1S/C17H29N3.HI/c1-13(2)15(14-10-8-7-9-11-14)12-19-16(18-6)20-17(3,4)5;/h7-11,13,15H,12H2,1-6H3,(H2,18,19,20);1H. The monoisotopic (exact) mass is 403 g/mol. The summed E-state index contributed by atoms with van der Waals surface area (Å²) in [5.41, 5.74) is 1.39. The van der Waals surface area contributed by atoms with Gasteiger partial charge in [-0.2, -0.15) is 0 Å². The predicted molar refractivity (Wildman–Crippen MR) is 104 cm³/mol. The topological polar surface area (TPSA) is 36.4 Å². The van der Waals surface area contributed by atoms with E-state index in [0.29, 0.717) is 11.8 Å². The summed E-state index contributed by atoms with van der Waals surface area (Å²) < 4.78 is 0. The first-order valence-corrected chi connectivity index (χ1v) is 7.37. The molecule has 0 aliphatic heterocycles. The minimum atomic E-state index is 0. The molecule has 1 aromatic rings. The number of nitrogens with zero attached hydrogens (tertiary/aromatic N) is 1. The second-order valence-corrected chi connectivity index (χ2v) is 6.59. The zero-order valence-electron chi connectivity index (χ0n) is 14.1. The zero-order chi connectivity index (χ0) is 15.2. The number of aliphatic imine (C=N–C) groups is 1. The van der Waals surface area contributed by atoms with Gasteiger partial charge in [0.1, 0.15) is 0 Å². The molecule has 0 radical (unpaired) electrons. The first-order chi connectivity index (χ1) is 9.33. The number of halogens is 1. The summed E-state index contributed by atoms with van der Waals surface area (Å²) in [4.78, 5) is 4.29. The van der Waals surface area contributed by atoms with Crippen LogP contribution in [0.3, 0.4) is 0 Å². The van der Waals surface area contributed by atoms with Crippen molar-refractivity contribution in [2.24, 2.45) is 10.9 Å². The van der Waals surface area contributed by atoms with Gasteiger partial charge in [-0.25, -0.2) is 0 Å². The third kappa shape index (κ3) is 7.69. The van der Waals surface area contributed by atoms with Crippen LogP contribution in [0.15, 0.2) is 35.3 Å². The predicted octanol–water partition coefficient (Wildman–Crippen LogP) is 4.01. The highest BCUT2D eigenvalue weighted by molar-refractivity contribution is 14.0. The van der Waals surface area contributed by atoms with E-state index in [1.54, 1.807) is 0 Å². The number of nitrogens with one attached hydrogen (secondary N) is 2. The number of guanidine groups is 1.